The Hall–Kier alpha value is -1.79. The molecular weight excluding hydrogens is 364 g/mol. The summed E-state index contributed by atoms with van der Waals surface area (Å²) in [6.45, 7) is 6.07. The van der Waals surface area contributed by atoms with E-state index in [2.05, 4.69) is 29.2 Å². The van der Waals surface area contributed by atoms with Gasteiger partial charge in [0.05, 0.1) is 39.4 Å². The standard InChI is InChI=1S/C21H27ClN2O3/c22-18-6-8-21(9-7-18)27-15-14-26-17-20(25)16-23-10-12-24(13-11-23)19-4-2-1-3-5-19/h1-9,20,25H,10-17H2/p+1/t20-/m0/s1. The molecule has 5 nitrogen and oxygen atoms in total. The van der Waals surface area contributed by atoms with Gasteiger partial charge in [-0.1, -0.05) is 29.8 Å². The second kappa shape index (κ2) is 10.5. The number of ether oxygens (including phenoxy) is 2. The molecule has 0 aliphatic carbocycles. The molecule has 1 atom stereocenters. The zero-order chi connectivity index (χ0) is 18.9. The van der Waals surface area contributed by atoms with E-state index in [1.165, 1.54) is 10.6 Å². The summed E-state index contributed by atoms with van der Waals surface area (Å²) in [5.41, 5.74) is 1.28. The van der Waals surface area contributed by atoms with Crippen LogP contribution in [0.3, 0.4) is 0 Å². The number of nitrogens with zero attached hydrogens (tertiary/aromatic N) is 1. The van der Waals surface area contributed by atoms with Crippen LogP contribution < -0.4 is 14.5 Å². The second-order valence-electron chi connectivity index (χ2n) is 6.81. The molecule has 2 N–H and O–H groups in total. The van der Waals surface area contributed by atoms with Gasteiger partial charge < -0.3 is 24.4 Å². The van der Waals surface area contributed by atoms with Crippen molar-refractivity contribution in [3.63, 3.8) is 0 Å². The fourth-order valence-corrected chi connectivity index (χ4v) is 3.41. The second-order valence-corrected chi connectivity index (χ2v) is 7.24. The smallest absolute Gasteiger partial charge is 0.126 e. The fraction of sp³-hybridized carbons (Fsp3) is 0.429. The van der Waals surface area contributed by atoms with Gasteiger partial charge in [-0.25, -0.2) is 0 Å². The average molecular weight is 392 g/mol. The van der Waals surface area contributed by atoms with Crippen molar-refractivity contribution in [3.05, 3.63) is 59.6 Å². The summed E-state index contributed by atoms with van der Waals surface area (Å²) in [5, 5.41) is 10.9. The van der Waals surface area contributed by atoms with Gasteiger partial charge in [0.15, 0.2) is 0 Å². The van der Waals surface area contributed by atoms with Crippen LogP contribution in [0.15, 0.2) is 54.6 Å². The lowest BCUT2D eigenvalue weighted by atomic mass is 10.2. The molecule has 0 saturated carbocycles. The molecule has 3 rings (SSSR count). The van der Waals surface area contributed by atoms with Crippen molar-refractivity contribution in [2.24, 2.45) is 0 Å². The summed E-state index contributed by atoms with van der Waals surface area (Å²) in [5.74, 6) is 0.768. The number of nitrogens with one attached hydrogen (secondary N) is 1. The summed E-state index contributed by atoms with van der Waals surface area (Å²) in [4.78, 5) is 3.83. The quantitative estimate of drug-likeness (QED) is 0.636. The third-order valence-electron chi connectivity index (χ3n) is 4.74. The Kier molecular flexibility index (Phi) is 7.78. The SMILES string of the molecule is O[C@H](COCCOc1ccc(Cl)cc1)C[NH+]1CCN(c2ccccc2)CC1. The number of benzene rings is 2. The van der Waals surface area contributed by atoms with Crippen LogP contribution in [0.1, 0.15) is 0 Å². The van der Waals surface area contributed by atoms with Crippen molar-refractivity contribution < 1.29 is 19.5 Å². The van der Waals surface area contributed by atoms with Crippen molar-refractivity contribution >= 4 is 17.3 Å². The molecule has 1 aliphatic rings. The van der Waals surface area contributed by atoms with Gasteiger partial charge in [-0.05, 0) is 36.4 Å². The molecule has 0 aromatic heterocycles. The fourth-order valence-electron chi connectivity index (χ4n) is 3.28. The molecule has 1 heterocycles. The summed E-state index contributed by atoms with van der Waals surface area (Å²) < 4.78 is 11.1. The highest BCUT2D eigenvalue weighted by Gasteiger charge is 2.22. The molecule has 27 heavy (non-hydrogen) atoms. The third kappa shape index (κ3) is 6.70. The lowest BCUT2D eigenvalue weighted by Gasteiger charge is -2.34. The number of halogens is 1. The molecule has 0 bridgehead atoms. The van der Waals surface area contributed by atoms with Gasteiger partial charge in [0.1, 0.15) is 25.0 Å². The monoisotopic (exact) mass is 391 g/mol. The van der Waals surface area contributed by atoms with Crippen molar-refractivity contribution in [2.75, 3.05) is 57.4 Å². The van der Waals surface area contributed by atoms with E-state index < -0.39 is 6.10 Å². The molecule has 6 heteroatoms. The highest BCUT2D eigenvalue weighted by molar-refractivity contribution is 6.30. The van der Waals surface area contributed by atoms with E-state index >= 15 is 0 Å². The van der Waals surface area contributed by atoms with Crippen LogP contribution in [-0.4, -0.2) is 63.8 Å². The maximum absolute atomic E-state index is 10.2. The van der Waals surface area contributed by atoms with Crippen LogP contribution in [0.4, 0.5) is 5.69 Å². The van der Waals surface area contributed by atoms with E-state index in [0.717, 1.165) is 38.5 Å². The van der Waals surface area contributed by atoms with E-state index in [9.17, 15) is 5.11 Å². The molecular formula is C21H28ClN2O3+. The minimum Gasteiger partial charge on any atom is -0.491 e. The number of anilines is 1. The number of quaternary nitrogens is 1. The Morgan fingerprint density at radius 2 is 1.70 bits per heavy atom. The number of piperazine rings is 1. The van der Waals surface area contributed by atoms with Gasteiger partial charge in [-0.15, -0.1) is 0 Å². The molecule has 0 amide bonds. The minimum atomic E-state index is -0.446. The highest BCUT2D eigenvalue weighted by Crippen LogP contribution is 2.15. The van der Waals surface area contributed by atoms with Crippen LogP contribution in [0.2, 0.25) is 5.02 Å². The molecule has 2 aromatic rings. The first-order valence-electron chi connectivity index (χ1n) is 9.48. The lowest BCUT2D eigenvalue weighted by Crippen LogP contribution is -3.16. The predicted molar refractivity (Wildman–Crippen MR) is 108 cm³/mol. The van der Waals surface area contributed by atoms with E-state index in [4.69, 9.17) is 21.1 Å². The Labute approximate surface area is 166 Å². The number of para-hydroxylation sites is 1. The molecule has 0 radical (unpaired) electrons. The van der Waals surface area contributed by atoms with E-state index in [1.54, 1.807) is 12.1 Å². The number of rotatable bonds is 9. The average Bonchev–Trinajstić information content (AvgIpc) is 2.70. The number of aliphatic hydroxyl groups is 1. The van der Waals surface area contributed by atoms with E-state index in [-0.39, 0.29) is 0 Å². The predicted octanol–water partition coefficient (Wildman–Crippen LogP) is 1.50. The minimum absolute atomic E-state index is 0.343. The van der Waals surface area contributed by atoms with Crippen LogP contribution >= 0.6 is 11.6 Å². The van der Waals surface area contributed by atoms with Crippen LogP contribution in [0.25, 0.3) is 0 Å². The van der Waals surface area contributed by atoms with Gasteiger partial charge in [-0.3, -0.25) is 0 Å². The van der Waals surface area contributed by atoms with Gasteiger partial charge in [0, 0.05) is 10.7 Å². The summed E-state index contributed by atoms with van der Waals surface area (Å²) in [6, 6.07) is 17.7. The highest BCUT2D eigenvalue weighted by atomic mass is 35.5. The molecule has 2 aromatic carbocycles. The lowest BCUT2D eigenvalue weighted by molar-refractivity contribution is -0.903. The van der Waals surface area contributed by atoms with E-state index in [1.807, 2.05) is 18.2 Å². The number of hydrogen-bond donors (Lipinski definition) is 2. The Balaban J connectivity index is 1.26. The molecule has 146 valence electrons. The summed E-state index contributed by atoms with van der Waals surface area (Å²) in [7, 11) is 0. The Morgan fingerprint density at radius 3 is 2.41 bits per heavy atom. The number of hydrogen-bond acceptors (Lipinski definition) is 4. The third-order valence-corrected chi connectivity index (χ3v) is 4.99. The zero-order valence-electron chi connectivity index (χ0n) is 15.5. The van der Waals surface area contributed by atoms with Crippen LogP contribution in [-0.2, 0) is 4.74 Å². The van der Waals surface area contributed by atoms with Gasteiger partial charge in [-0.2, -0.15) is 0 Å². The summed E-state index contributed by atoms with van der Waals surface area (Å²) >= 11 is 5.84. The zero-order valence-corrected chi connectivity index (χ0v) is 16.3. The molecule has 1 aliphatic heterocycles. The van der Waals surface area contributed by atoms with Gasteiger partial charge >= 0.3 is 0 Å². The van der Waals surface area contributed by atoms with Crippen molar-refractivity contribution in [2.45, 2.75) is 6.10 Å². The topological polar surface area (TPSA) is 46.4 Å². The summed E-state index contributed by atoms with van der Waals surface area (Å²) in [6.07, 6.45) is -0.446. The van der Waals surface area contributed by atoms with Crippen LogP contribution in [0.5, 0.6) is 5.75 Å². The molecule has 0 spiro atoms. The normalized spacial score (nSPS) is 16.3. The largest absolute Gasteiger partial charge is 0.491 e. The molecule has 1 fully saturated rings. The van der Waals surface area contributed by atoms with E-state index in [0.29, 0.717) is 24.8 Å². The number of aliphatic hydroxyl groups excluding tert-OH is 1. The van der Waals surface area contributed by atoms with Crippen molar-refractivity contribution in [1.82, 2.24) is 0 Å². The first-order valence-corrected chi connectivity index (χ1v) is 9.86. The maximum atomic E-state index is 10.2. The van der Waals surface area contributed by atoms with Gasteiger partial charge in [0.2, 0.25) is 0 Å². The molecule has 1 saturated heterocycles. The first-order chi connectivity index (χ1) is 13.2. The Morgan fingerprint density at radius 1 is 1.00 bits per heavy atom. The van der Waals surface area contributed by atoms with Crippen molar-refractivity contribution in [3.8, 4) is 5.75 Å². The molecule has 0 unspecified atom stereocenters. The van der Waals surface area contributed by atoms with Crippen molar-refractivity contribution in [1.29, 1.82) is 0 Å². The first kappa shape index (κ1) is 20.0. The van der Waals surface area contributed by atoms with Gasteiger partial charge in [0.25, 0.3) is 0 Å². The maximum Gasteiger partial charge on any atom is 0.126 e. The van der Waals surface area contributed by atoms with Crippen LogP contribution in [0, 0.1) is 0 Å². The Bertz CT molecular complexity index is 661.